The van der Waals surface area contributed by atoms with Crippen LogP contribution in [0.2, 0.25) is 0 Å². The second kappa shape index (κ2) is 9.35. The largest absolute Gasteiger partial charge is 0.299 e. The van der Waals surface area contributed by atoms with E-state index in [1.807, 2.05) is 38.1 Å². The van der Waals surface area contributed by atoms with Gasteiger partial charge in [0.05, 0.1) is 11.4 Å². The minimum Gasteiger partial charge on any atom is -0.299 e. The maximum Gasteiger partial charge on any atom is 0.256 e. The molecule has 0 fully saturated rings. The number of carbonyl (C=O) groups is 1. The molecule has 26 heavy (non-hydrogen) atoms. The predicted molar refractivity (Wildman–Crippen MR) is 104 cm³/mol. The maximum atomic E-state index is 12.5. The van der Waals surface area contributed by atoms with E-state index in [0.717, 1.165) is 5.69 Å². The Kier molecular flexibility index (Phi) is 7.17. The third-order valence-electron chi connectivity index (χ3n) is 3.65. The van der Waals surface area contributed by atoms with Gasteiger partial charge in [-0.2, -0.15) is 0 Å². The Bertz CT molecular complexity index is 793. The van der Waals surface area contributed by atoms with Crippen LogP contribution in [0.1, 0.15) is 25.8 Å². The third-order valence-corrected chi connectivity index (χ3v) is 5.01. The monoisotopic (exact) mass is 375 g/mol. The van der Waals surface area contributed by atoms with Gasteiger partial charge in [0.2, 0.25) is 10.0 Å². The van der Waals surface area contributed by atoms with Crippen molar-refractivity contribution in [2.24, 2.45) is 5.92 Å². The molecule has 7 heteroatoms. The van der Waals surface area contributed by atoms with Crippen LogP contribution < -0.4 is 15.6 Å². The number of rotatable bonds is 9. The van der Waals surface area contributed by atoms with Crippen molar-refractivity contribution >= 4 is 21.6 Å². The van der Waals surface area contributed by atoms with Gasteiger partial charge in [-0.05, 0) is 30.0 Å². The second-order valence-electron chi connectivity index (χ2n) is 6.52. The molecular formula is C19H25N3O3S. The highest BCUT2D eigenvalue weighted by Crippen LogP contribution is 2.10. The number of para-hydroxylation sites is 1. The number of anilines is 1. The van der Waals surface area contributed by atoms with Crippen LogP contribution in [-0.4, -0.2) is 20.4 Å². The molecule has 1 atom stereocenters. The molecule has 0 saturated carbocycles. The van der Waals surface area contributed by atoms with Crippen LogP contribution in [0.15, 0.2) is 60.7 Å². The minimum atomic E-state index is -3.65. The highest BCUT2D eigenvalue weighted by Gasteiger charge is 2.25. The Labute approximate surface area is 155 Å². The zero-order chi connectivity index (χ0) is 19.0. The van der Waals surface area contributed by atoms with Crippen LogP contribution in [0.3, 0.4) is 0 Å². The van der Waals surface area contributed by atoms with Crippen molar-refractivity contribution in [2.75, 3.05) is 5.43 Å². The lowest BCUT2D eigenvalue weighted by Crippen LogP contribution is -2.49. The molecule has 140 valence electrons. The van der Waals surface area contributed by atoms with Crippen LogP contribution in [0, 0.1) is 5.92 Å². The molecular weight excluding hydrogens is 350 g/mol. The Hall–Kier alpha value is -2.38. The Morgan fingerprint density at radius 2 is 1.54 bits per heavy atom. The molecule has 0 aromatic heterocycles. The fourth-order valence-electron chi connectivity index (χ4n) is 2.47. The van der Waals surface area contributed by atoms with Gasteiger partial charge in [0, 0.05) is 0 Å². The summed E-state index contributed by atoms with van der Waals surface area (Å²) in [7, 11) is -3.65. The maximum absolute atomic E-state index is 12.5. The lowest BCUT2D eigenvalue weighted by Gasteiger charge is -2.20. The molecule has 0 radical (unpaired) electrons. The van der Waals surface area contributed by atoms with Gasteiger partial charge >= 0.3 is 0 Å². The minimum absolute atomic E-state index is 0.155. The molecule has 1 amide bonds. The Balaban J connectivity index is 2.02. The smallest absolute Gasteiger partial charge is 0.256 e. The fourth-order valence-corrected chi connectivity index (χ4v) is 3.83. The molecule has 0 aliphatic heterocycles. The summed E-state index contributed by atoms with van der Waals surface area (Å²) < 4.78 is 27.4. The molecule has 0 aliphatic carbocycles. The molecule has 3 N–H and O–H groups in total. The van der Waals surface area contributed by atoms with E-state index in [-0.39, 0.29) is 11.7 Å². The van der Waals surface area contributed by atoms with Crippen molar-refractivity contribution in [3.05, 3.63) is 66.2 Å². The van der Waals surface area contributed by atoms with Gasteiger partial charge in [-0.3, -0.25) is 15.6 Å². The highest BCUT2D eigenvalue weighted by molar-refractivity contribution is 7.88. The number of sulfonamides is 1. The molecule has 6 nitrogen and oxygen atoms in total. The third kappa shape index (κ3) is 6.85. The fraction of sp³-hybridized carbons (Fsp3) is 0.316. The van der Waals surface area contributed by atoms with E-state index in [9.17, 15) is 13.2 Å². The summed E-state index contributed by atoms with van der Waals surface area (Å²) in [5, 5.41) is 0. The van der Waals surface area contributed by atoms with Gasteiger partial charge < -0.3 is 0 Å². The lowest BCUT2D eigenvalue weighted by atomic mass is 10.0. The van der Waals surface area contributed by atoms with E-state index >= 15 is 0 Å². The average Bonchev–Trinajstić information content (AvgIpc) is 2.60. The quantitative estimate of drug-likeness (QED) is 0.588. The van der Waals surface area contributed by atoms with Crippen molar-refractivity contribution in [3.63, 3.8) is 0 Å². The molecule has 2 rings (SSSR count). The number of hydrazine groups is 1. The molecule has 0 saturated heterocycles. The summed E-state index contributed by atoms with van der Waals surface area (Å²) in [6.07, 6.45) is 0.399. The van der Waals surface area contributed by atoms with Gasteiger partial charge in [0.15, 0.2) is 0 Å². The summed E-state index contributed by atoms with van der Waals surface area (Å²) in [4.78, 5) is 12.5. The second-order valence-corrected chi connectivity index (χ2v) is 8.28. The van der Waals surface area contributed by atoms with Crippen LogP contribution in [0.4, 0.5) is 5.69 Å². The Morgan fingerprint density at radius 1 is 0.962 bits per heavy atom. The van der Waals surface area contributed by atoms with Crippen molar-refractivity contribution in [1.82, 2.24) is 10.1 Å². The van der Waals surface area contributed by atoms with E-state index in [1.165, 1.54) is 0 Å². The molecule has 0 heterocycles. The highest BCUT2D eigenvalue weighted by atomic mass is 32.2. The van der Waals surface area contributed by atoms with Gasteiger partial charge in [0.1, 0.15) is 6.04 Å². The van der Waals surface area contributed by atoms with Crippen LogP contribution in [0.25, 0.3) is 0 Å². The van der Waals surface area contributed by atoms with Gasteiger partial charge in [-0.25, -0.2) is 13.1 Å². The first-order chi connectivity index (χ1) is 12.4. The number of hydrogen-bond acceptors (Lipinski definition) is 4. The normalized spacial score (nSPS) is 12.6. The lowest BCUT2D eigenvalue weighted by molar-refractivity contribution is -0.122. The predicted octanol–water partition coefficient (Wildman–Crippen LogP) is 2.66. The van der Waals surface area contributed by atoms with Crippen molar-refractivity contribution in [1.29, 1.82) is 0 Å². The summed E-state index contributed by atoms with van der Waals surface area (Å²) in [6.45, 7) is 3.88. The SMILES string of the molecule is CC(C)C[C@H](NS(=O)(=O)Cc1ccccc1)C(=O)NNc1ccccc1. The molecule has 0 spiro atoms. The van der Waals surface area contributed by atoms with Gasteiger partial charge in [0.25, 0.3) is 5.91 Å². The number of amides is 1. The van der Waals surface area contributed by atoms with Gasteiger partial charge in [-0.15, -0.1) is 0 Å². The molecule has 2 aromatic carbocycles. The van der Waals surface area contributed by atoms with Crippen LogP contribution in [0.5, 0.6) is 0 Å². The molecule has 2 aromatic rings. The average molecular weight is 375 g/mol. The number of carbonyl (C=O) groups excluding carboxylic acids is 1. The Morgan fingerprint density at radius 3 is 2.12 bits per heavy atom. The number of hydrogen-bond donors (Lipinski definition) is 3. The zero-order valence-corrected chi connectivity index (χ0v) is 15.8. The molecule has 0 unspecified atom stereocenters. The van der Waals surface area contributed by atoms with Crippen LogP contribution in [-0.2, 0) is 20.6 Å². The summed E-state index contributed by atoms with van der Waals surface area (Å²) >= 11 is 0. The number of nitrogens with one attached hydrogen (secondary N) is 3. The van der Waals surface area contributed by atoms with Gasteiger partial charge in [-0.1, -0.05) is 62.4 Å². The summed E-state index contributed by atoms with van der Waals surface area (Å²) in [5.74, 6) is -0.428. The molecule has 0 aliphatic rings. The van der Waals surface area contributed by atoms with Crippen molar-refractivity contribution < 1.29 is 13.2 Å². The first-order valence-electron chi connectivity index (χ1n) is 8.50. The van der Waals surface area contributed by atoms with Crippen molar-refractivity contribution in [3.8, 4) is 0 Å². The molecule has 0 bridgehead atoms. The topological polar surface area (TPSA) is 87.3 Å². The first kappa shape index (κ1) is 19.9. The number of benzene rings is 2. The standard InChI is InChI=1S/C19H25N3O3S/c1-15(2)13-18(19(23)21-20-17-11-7-4-8-12-17)22-26(24,25)14-16-9-5-3-6-10-16/h3-12,15,18,20,22H,13-14H2,1-2H3,(H,21,23)/t18-/m0/s1. The van der Waals surface area contributed by atoms with E-state index in [2.05, 4.69) is 15.6 Å². The van der Waals surface area contributed by atoms with Crippen molar-refractivity contribution in [2.45, 2.75) is 32.1 Å². The summed E-state index contributed by atoms with van der Waals surface area (Å²) in [6, 6.07) is 17.2. The van der Waals surface area contributed by atoms with E-state index < -0.39 is 22.0 Å². The van der Waals surface area contributed by atoms with E-state index in [1.54, 1.807) is 36.4 Å². The zero-order valence-electron chi connectivity index (χ0n) is 15.0. The van der Waals surface area contributed by atoms with Crippen LogP contribution >= 0.6 is 0 Å². The van der Waals surface area contributed by atoms with E-state index in [0.29, 0.717) is 12.0 Å². The first-order valence-corrected chi connectivity index (χ1v) is 10.2. The van der Waals surface area contributed by atoms with E-state index in [4.69, 9.17) is 0 Å². The summed E-state index contributed by atoms with van der Waals surface area (Å²) in [5.41, 5.74) is 6.77.